The number of carbonyl (C=O) groups is 1. The first-order chi connectivity index (χ1) is 12.7. The van der Waals surface area contributed by atoms with Crippen LogP contribution in [0.2, 0.25) is 0 Å². The Morgan fingerprint density at radius 1 is 1.15 bits per heavy atom. The van der Waals surface area contributed by atoms with E-state index in [4.69, 9.17) is 13.9 Å². The molecule has 1 heterocycles. The van der Waals surface area contributed by atoms with E-state index in [0.29, 0.717) is 28.2 Å². The van der Waals surface area contributed by atoms with Crippen molar-refractivity contribution in [2.24, 2.45) is 0 Å². The molecule has 1 amide bonds. The van der Waals surface area contributed by atoms with Gasteiger partial charge in [0.05, 0.1) is 31.9 Å². The Labute approximate surface area is 155 Å². The van der Waals surface area contributed by atoms with Crippen LogP contribution in [0, 0.1) is 0 Å². The van der Waals surface area contributed by atoms with Gasteiger partial charge in [0.1, 0.15) is 11.5 Å². The predicted molar refractivity (Wildman–Crippen MR) is 101 cm³/mol. The number of nitrogens with one attached hydrogen (secondary N) is 1. The highest BCUT2D eigenvalue weighted by Gasteiger charge is 2.12. The molecule has 7 heteroatoms. The van der Waals surface area contributed by atoms with Gasteiger partial charge in [-0.05, 0) is 12.1 Å². The molecule has 0 aliphatic heterocycles. The predicted octanol–water partition coefficient (Wildman–Crippen LogP) is 4.09. The van der Waals surface area contributed by atoms with E-state index in [9.17, 15) is 4.79 Å². The lowest BCUT2D eigenvalue weighted by molar-refractivity contribution is -0.113. The molecule has 0 aliphatic rings. The molecule has 1 aromatic heterocycles. The zero-order chi connectivity index (χ0) is 18.4. The zero-order valence-corrected chi connectivity index (χ0v) is 15.2. The third-order valence-electron chi connectivity index (χ3n) is 3.55. The van der Waals surface area contributed by atoms with Gasteiger partial charge in [0.15, 0.2) is 5.76 Å². The standard InChI is InChI=1S/C19H18N2O4S/c1-23-14-8-9-15(16(10-14)24-2)21-18(22)12-26-19-20-11-17(25-19)13-6-4-3-5-7-13/h3-11H,12H2,1-2H3,(H,21,22). The largest absolute Gasteiger partial charge is 0.497 e. The van der Waals surface area contributed by atoms with E-state index >= 15 is 0 Å². The average Bonchev–Trinajstić information content (AvgIpc) is 3.16. The lowest BCUT2D eigenvalue weighted by Crippen LogP contribution is -2.14. The highest BCUT2D eigenvalue weighted by molar-refractivity contribution is 7.99. The van der Waals surface area contributed by atoms with E-state index in [2.05, 4.69) is 10.3 Å². The van der Waals surface area contributed by atoms with Gasteiger partial charge >= 0.3 is 0 Å². The molecule has 0 radical (unpaired) electrons. The number of hydrogen-bond donors (Lipinski definition) is 1. The Morgan fingerprint density at radius 3 is 2.69 bits per heavy atom. The summed E-state index contributed by atoms with van der Waals surface area (Å²) in [5, 5.41) is 3.26. The van der Waals surface area contributed by atoms with Crippen molar-refractivity contribution in [1.29, 1.82) is 0 Å². The molecule has 134 valence electrons. The summed E-state index contributed by atoms with van der Waals surface area (Å²) in [5.74, 6) is 1.85. The molecule has 0 saturated heterocycles. The Kier molecular flexibility index (Phi) is 5.80. The van der Waals surface area contributed by atoms with Gasteiger partial charge in [-0.1, -0.05) is 42.1 Å². The molecule has 3 rings (SSSR count). The average molecular weight is 370 g/mol. The second-order valence-electron chi connectivity index (χ2n) is 5.26. The fraction of sp³-hybridized carbons (Fsp3) is 0.158. The van der Waals surface area contributed by atoms with Crippen molar-refractivity contribution in [3.05, 3.63) is 54.7 Å². The van der Waals surface area contributed by atoms with Crippen molar-refractivity contribution < 1.29 is 18.7 Å². The maximum atomic E-state index is 12.2. The topological polar surface area (TPSA) is 73.6 Å². The van der Waals surface area contributed by atoms with Gasteiger partial charge < -0.3 is 19.2 Å². The van der Waals surface area contributed by atoms with Gasteiger partial charge in [-0.2, -0.15) is 0 Å². The summed E-state index contributed by atoms with van der Waals surface area (Å²) in [7, 11) is 3.11. The molecule has 0 fully saturated rings. The van der Waals surface area contributed by atoms with Crippen LogP contribution >= 0.6 is 11.8 Å². The lowest BCUT2D eigenvalue weighted by atomic mass is 10.2. The third kappa shape index (κ3) is 4.37. The van der Waals surface area contributed by atoms with E-state index in [0.717, 1.165) is 5.56 Å². The summed E-state index contributed by atoms with van der Waals surface area (Å²) in [4.78, 5) is 16.4. The quantitative estimate of drug-likeness (QED) is 0.632. The number of carbonyl (C=O) groups excluding carboxylic acids is 1. The van der Waals surface area contributed by atoms with Gasteiger partial charge in [-0.15, -0.1) is 0 Å². The molecule has 0 spiro atoms. The van der Waals surface area contributed by atoms with E-state index < -0.39 is 0 Å². The molecule has 3 aromatic rings. The molecule has 0 saturated carbocycles. The van der Waals surface area contributed by atoms with Gasteiger partial charge in [0.25, 0.3) is 5.22 Å². The minimum atomic E-state index is -0.182. The van der Waals surface area contributed by atoms with Crippen LogP contribution in [0.1, 0.15) is 0 Å². The van der Waals surface area contributed by atoms with Gasteiger partial charge in [0.2, 0.25) is 5.91 Å². The van der Waals surface area contributed by atoms with Crippen LogP contribution in [-0.2, 0) is 4.79 Å². The molecule has 0 bridgehead atoms. The van der Waals surface area contributed by atoms with Crippen molar-refractivity contribution in [2.75, 3.05) is 25.3 Å². The summed E-state index contributed by atoms with van der Waals surface area (Å²) in [6.07, 6.45) is 1.65. The molecule has 0 atom stereocenters. The number of oxazole rings is 1. The SMILES string of the molecule is COc1ccc(NC(=O)CSc2ncc(-c3ccccc3)o2)c(OC)c1. The second kappa shape index (κ2) is 8.44. The number of aromatic nitrogens is 1. The van der Waals surface area contributed by atoms with Gasteiger partial charge in [-0.3, -0.25) is 4.79 Å². The Hall–Kier alpha value is -2.93. The van der Waals surface area contributed by atoms with Crippen LogP contribution in [0.5, 0.6) is 11.5 Å². The summed E-state index contributed by atoms with van der Waals surface area (Å²) in [5.41, 5.74) is 1.52. The number of nitrogens with zero attached hydrogens (tertiary/aromatic N) is 1. The molecular formula is C19H18N2O4S. The van der Waals surface area contributed by atoms with E-state index in [1.807, 2.05) is 30.3 Å². The summed E-state index contributed by atoms with van der Waals surface area (Å²) in [6.45, 7) is 0. The van der Waals surface area contributed by atoms with Crippen LogP contribution in [-0.4, -0.2) is 30.9 Å². The molecular weight excluding hydrogens is 352 g/mol. The number of thioether (sulfide) groups is 1. The lowest BCUT2D eigenvalue weighted by Gasteiger charge is -2.11. The normalized spacial score (nSPS) is 10.4. The highest BCUT2D eigenvalue weighted by atomic mass is 32.2. The fourth-order valence-corrected chi connectivity index (χ4v) is 2.88. The van der Waals surface area contributed by atoms with Crippen LogP contribution in [0.25, 0.3) is 11.3 Å². The van der Waals surface area contributed by atoms with Crippen molar-refractivity contribution >= 4 is 23.4 Å². The summed E-state index contributed by atoms with van der Waals surface area (Å²) >= 11 is 1.23. The second-order valence-corrected chi connectivity index (χ2v) is 6.19. The molecule has 26 heavy (non-hydrogen) atoms. The van der Waals surface area contributed by atoms with Crippen LogP contribution < -0.4 is 14.8 Å². The Balaban J connectivity index is 1.59. The number of ether oxygens (including phenoxy) is 2. The zero-order valence-electron chi connectivity index (χ0n) is 14.4. The minimum Gasteiger partial charge on any atom is -0.497 e. The minimum absolute atomic E-state index is 0.171. The number of anilines is 1. The van der Waals surface area contributed by atoms with Crippen LogP contribution in [0.3, 0.4) is 0 Å². The van der Waals surface area contributed by atoms with Crippen molar-refractivity contribution in [1.82, 2.24) is 4.98 Å². The molecule has 0 aliphatic carbocycles. The maximum Gasteiger partial charge on any atom is 0.256 e. The van der Waals surface area contributed by atoms with Crippen molar-refractivity contribution in [2.45, 2.75) is 5.22 Å². The smallest absolute Gasteiger partial charge is 0.256 e. The first-order valence-electron chi connectivity index (χ1n) is 7.85. The highest BCUT2D eigenvalue weighted by Crippen LogP contribution is 2.30. The van der Waals surface area contributed by atoms with Crippen molar-refractivity contribution in [3.63, 3.8) is 0 Å². The first kappa shape index (κ1) is 17.9. The van der Waals surface area contributed by atoms with Gasteiger partial charge in [-0.25, -0.2) is 4.98 Å². The number of benzene rings is 2. The van der Waals surface area contributed by atoms with E-state index in [-0.39, 0.29) is 11.7 Å². The van der Waals surface area contributed by atoms with Crippen LogP contribution in [0.15, 0.2) is 64.4 Å². The van der Waals surface area contributed by atoms with Crippen LogP contribution in [0.4, 0.5) is 5.69 Å². The first-order valence-corrected chi connectivity index (χ1v) is 8.84. The number of hydrogen-bond acceptors (Lipinski definition) is 6. The summed E-state index contributed by atoms with van der Waals surface area (Å²) in [6, 6.07) is 14.9. The molecule has 0 unspecified atom stereocenters. The number of methoxy groups -OCH3 is 2. The van der Waals surface area contributed by atoms with Gasteiger partial charge in [0, 0.05) is 11.6 Å². The van der Waals surface area contributed by atoms with Crippen molar-refractivity contribution in [3.8, 4) is 22.8 Å². The van der Waals surface area contributed by atoms with E-state index in [1.54, 1.807) is 31.5 Å². The monoisotopic (exact) mass is 370 g/mol. The molecule has 6 nitrogen and oxygen atoms in total. The fourth-order valence-electron chi connectivity index (χ4n) is 2.28. The third-order valence-corrected chi connectivity index (χ3v) is 4.39. The number of amides is 1. The molecule has 1 N–H and O–H groups in total. The van der Waals surface area contributed by atoms with E-state index in [1.165, 1.54) is 18.9 Å². The molecule has 2 aromatic carbocycles. The Morgan fingerprint density at radius 2 is 1.96 bits per heavy atom. The number of rotatable bonds is 7. The summed E-state index contributed by atoms with van der Waals surface area (Å²) < 4.78 is 16.1. The maximum absolute atomic E-state index is 12.2. The Bertz CT molecular complexity index is 880.